The lowest BCUT2D eigenvalue weighted by Gasteiger charge is -2.31. The first-order valence-corrected chi connectivity index (χ1v) is 19.1. The van der Waals surface area contributed by atoms with Gasteiger partial charge in [0.1, 0.15) is 30.5 Å². The van der Waals surface area contributed by atoms with Crippen LogP contribution in [0.25, 0.3) is 6.08 Å². The summed E-state index contributed by atoms with van der Waals surface area (Å²) in [5.41, 5.74) is 1.66. The number of ether oxygens (including phenoxy) is 5. The van der Waals surface area contributed by atoms with Crippen molar-refractivity contribution < 1.29 is 53.1 Å². The third kappa shape index (κ3) is 10.4. The molecule has 1 aliphatic heterocycles. The van der Waals surface area contributed by atoms with Gasteiger partial charge >= 0.3 is 11.9 Å². The molecule has 0 bridgehead atoms. The van der Waals surface area contributed by atoms with Crippen LogP contribution in [-0.2, 0) is 39.8 Å². The Morgan fingerprint density at radius 1 is 0.982 bits per heavy atom. The molecular formula is C42H52N2O11. The van der Waals surface area contributed by atoms with Crippen molar-refractivity contribution in [1.29, 1.82) is 0 Å². The monoisotopic (exact) mass is 760 g/mol. The molecule has 4 N–H and O–H groups in total. The van der Waals surface area contributed by atoms with Crippen LogP contribution in [0, 0.1) is 11.8 Å². The summed E-state index contributed by atoms with van der Waals surface area (Å²) in [6.07, 6.45) is 7.23. The van der Waals surface area contributed by atoms with E-state index in [4.69, 9.17) is 28.8 Å². The molecule has 13 nitrogen and oxygen atoms in total. The second-order valence-corrected chi connectivity index (χ2v) is 15.6. The highest BCUT2D eigenvalue weighted by molar-refractivity contribution is 5.96. The van der Waals surface area contributed by atoms with E-state index in [9.17, 15) is 24.3 Å². The van der Waals surface area contributed by atoms with Crippen molar-refractivity contribution in [3.8, 4) is 0 Å². The molecular weight excluding hydrogens is 708 g/mol. The second kappa shape index (κ2) is 17.5. The van der Waals surface area contributed by atoms with Crippen LogP contribution in [0.4, 0.5) is 0 Å². The molecule has 0 aromatic heterocycles. The Bertz CT molecular complexity index is 1760. The minimum atomic E-state index is -0.799. The van der Waals surface area contributed by atoms with E-state index in [1.807, 2.05) is 0 Å². The number of carbonyl (C=O) groups excluding carboxylic acids is 4. The molecule has 2 amide bonds. The molecule has 3 fully saturated rings. The number of benzene rings is 2. The molecule has 55 heavy (non-hydrogen) atoms. The number of esters is 2. The summed E-state index contributed by atoms with van der Waals surface area (Å²) >= 11 is 0. The zero-order valence-electron chi connectivity index (χ0n) is 31.7. The molecule has 296 valence electrons. The molecule has 4 aliphatic rings. The fourth-order valence-electron chi connectivity index (χ4n) is 7.12. The molecule has 2 saturated carbocycles. The smallest absolute Gasteiger partial charge is 0.339 e. The Morgan fingerprint density at radius 3 is 2.42 bits per heavy atom. The highest BCUT2D eigenvalue weighted by Crippen LogP contribution is 2.59. The molecule has 13 heteroatoms. The maximum atomic E-state index is 13.8. The van der Waals surface area contributed by atoms with Gasteiger partial charge in [0.15, 0.2) is 5.79 Å². The van der Waals surface area contributed by atoms with Crippen LogP contribution in [0.2, 0.25) is 0 Å². The lowest BCUT2D eigenvalue weighted by atomic mass is 9.91. The lowest BCUT2D eigenvalue weighted by molar-refractivity contribution is -0.209. The van der Waals surface area contributed by atoms with Gasteiger partial charge in [-0.15, -0.1) is 0 Å². The summed E-state index contributed by atoms with van der Waals surface area (Å²) in [6, 6.07) is 13.1. The largest absolute Gasteiger partial charge is 0.499 e. The van der Waals surface area contributed by atoms with Crippen LogP contribution in [-0.4, -0.2) is 89.5 Å². The average molecular weight is 761 g/mol. The van der Waals surface area contributed by atoms with Crippen molar-refractivity contribution in [2.24, 2.45) is 11.8 Å². The van der Waals surface area contributed by atoms with Crippen molar-refractivity contribution in [2.45, 2.75) is 108 Å². The molecule has 2 aromatic carbocycles. The van der Waals surface area contributed by atoms with Crippen LogP contribution < -0.4 is 10.6 Å². The van der Waals surface area contributed by atoms with E-state index in [1.54, 1.807) is 81.5 Å². The predicted octanol–water partition coefficient (Wildman–Crippen LogP) is 4.35. The number of hydrogen-bond acceptors (Lipinski definition) is 11. The Kier molecular flexibility index (Phi) is 12.8. The van der Waals surface area contributed by atoms with Gasteiger partial charge in [0, 0.05) is 42.4 Å². The third-order valence-electron chi connectivity index (χ3n) is 10.0. The van der Waals surface area contributed by atoms with Crippen LogP contribution >= 0.6 is 0 Å². The van der Waals surface area contributed by atoms with Gasteiger partial charge in [-0.2, -0.15) is 0 Å². The number of hydrogen-bond donors (Lipinski definition) is 4. The molecule has 4 unspecified atom stereocenters. The summed E-state index contributed by atoms with van der Waals surface area (Å²) in [6.45, 7) is 5.07. The number of aliphatic hydroxyl groups excluding tert-OH is 2. The van der Waals surface area contributed by atoms with E-state index in [1.165, 1.54) is 6.26 Å². The fraction of sp³-hybridized carbons (Fsp3) is 0.524. The Morgan fingerprint density at radius 2 is 1.73 bits per heavy atom. The van der Waals surface area contributed by atoms with Gasteiger partial charge in [-0.25, -0.2) is 4.79 Å². The SMILES string of the molecule is CC(C)(C)OC(=O)CCC(CO)NC(=O)c1cccc(CNC(=O)C2=CC3OC(C4CC4)(C4CC4)OC3C(OC(=O)c3ccccc3C=COCCO)C2)c1. The number of amides is 2. The van der Waals surface area contributed by atoms with Crippen LogP contribution in [0.5, 0.6) is 0 Å². The van der Waals surface area contributed by atoms with Crippen molar-refractivity contribution in [3.63, 3.8) is 0 Å². The number of fused-ring (bicyclic) bond motifs is 1. The van der Waals surface area contributed by atoms with Crippen LogP contribution in [0.1, 0.15) is 97.6 Å². The van der Waals surface area contributed by atoms with Gasteiger partial charge in [0.2, 0.25) is 5.91 Å². The first-order chi connectivity index (χ1) is 26.4. The average Bonchev–Trinajstić information content (AvgIpc) is 4.11. The van der Waals surface area contributed by atoms with Gasteiger partial charge in [-0.05, 0) is 94.4 Å². The number of rotatable bonds is 17. The maximum absolute atomic E-state index is 13.8. The summed E-state index contributed by atoms with van der Waals surface area (Å²) in [5, 5.41) is 24.6. The molecule has 3 aliphatic carbocycles. The standard InChI is InChI=1S/C42H52N2O11/c1-41(2,3)54-36(47)16-15-32(25-46)44-39(49)28-9-6-7-26(21-28)24-43-38(48)29-22-34(37-35(23-29)53-42(55-37,30-11-12-30)31-13-14-31)52-40(50)33-10-5-4-8-27(33)17-19-51-20-18-45/h4-10,17,19,21,23,30-32,34-35,37,45-46H,11-16,18,20,22,24-25H2,1-3H3,(H,43,48)(H,44,49). The molecule has 2 aromatic rings. The Balaban J connectivity index is 1.12. The van der Waals surface area contributed by atoms with Crippen molar-refractivity contribution in [1.82, 2.24) is 10.6 Å². The van der Waals surface area contributed by atoms with Crippen molar-refractivity contribution in [3.05, 3.63) is 88.7 Å². The summed E-state index contributed by atoms with van der Waals surface area (Å²) < 4.78 is 30.2. The van der Waals surface area contributed by atoms with E-state index in [-0.39, 0.29) is 63.4 Å². The van der Waals surface area contributed by atoms with Gasteiger partial charge in [0.25, 0.3) is 5.91 Å². The van der Waals surface area contributed by atoms with Crippen LogP contribution in [0.3, 0.4) is 0 Å². The molecule has 4 atom stereocenters. The first-order valence-electron chi connectivity index (χ1n) is 19.1. The highest BCUT2D eigenvalue weighted by atomic mass is 16.8. The minimum Gasteiger partial charge on any atom is -0.499 e. The predicted molar refractivity (Wildman–Crippen MR) is 200 cm³/mol. The number of carbonyl (C=O) groups is 4. The Hall–Kier alpha value is -4.56. The van der Waals surface area contributed by atoms with E-state index in [2.05, 4.69) is 10.6 Å². The quantitative estimate of drug-likeness (QED) is 0.102. The first kappa shape index (κ1) is 40.1. The molecule has 6 rings (SSSR count). The van der Waals surface area contributed by atoms with E-state index in [0.717, 1.165) is 25.7 Å². The van der Waals surface area contributed by atoms with Crippen molar-refractivity contribution in [2.75, 3.05) is 19.8 Å². The second-order valence-electron chi connectivity index (χ2n) is 15.6. The minimum absolute atomic E-state index is 0.0395. The third-order valence-corrected chi connectivity index (χ3v) is 10.0. The van der Waals surface area contributed by atoms with E-state index < -0.39 is 53.6 Å². The van der Waals surface area contributed by atoms with Crippen molar-refractivity contribution >= 4 is 29.8 Å². The number of nitrogens with one attached hydrogen (secondary N) is 2. The zero-order chi connectivity index (χ0) is 39.2. The topological polar surface area (TPSA) is 179 Å². The normalized spacial score (nSPS) is 22.3. The molecule has 1 saturated heterocycles. The number of aliphatic hydroxyl groups is 2. The van der Waals surface area contributed by atoms with Crippen LogP contribution in [0.15, 0.2) is 66.4 Å². The summed E-state index contributed by atoms with van der Waals surface area (Å²) in [4.78, 5) is 52.7. The van der Waals surface area contributed by atoms with Gasteiger partial charge in [-0.1, -0.05) is 30.3 Å². The van der Waals surface area contributed by atoms with Gasteiger partial charge in [-0.3, -0.25) is 14.4 Å². The molecule has 0 spiro atoms. The summed E-state index contributed by atoms with van der Waals surface area (Å²) in [7, 11) is 0. The summed E-state index contributed by atoms with van der Waals surface area (Å²) in [5.74, 6) is -2.00. The van der Waals surface area contributed by atoms with E-state index in [0.29, 0.717) is 27.8 Å². The lowest BCUT2D eigenvalue weighted by Crippen LogP contribution is -2.44. The maximum Gasteiger partial charge on any atom is 0.339 e. The molecule has 0 radical (unpaired) electrons. The van der Waals surface area contributed by atoms with Gasteiger partial charge < -0.3 is 44.5 Å². The van der Waals surface area contributed by atoms with E-state index >= 15 is 0 Å². The fourth-order valence-corrected chi connectivity index (χ4v) is 7.12. The van der Waals surface area contributed by atoms with Gasteiger partial charge in [0.05, 0.1) is 31.1 Å². The Labute approximate surface area is 321 Å². The molecule has 1 heterocycles. The zero-order valence-corrected chi connectivity index (χ0v) is 31.7. The highest BCUT2D eigenvalue weighted by Gasteiger charge is 2.64.